The Labute approximate surface area is 218 Å². The van der Waals surface area contributed by atoms with E-state index in [2.05, 4.69) is 20.5 Å². The van der Waals surface area contributed by atoms with Crippen molar-refractivity contribution in [1.29, 1.82) is 0 Å². The number of hydrogen-bond acceptors (Lipinski definition) is 8. The second-order valence-corrected chi connectivity index (χ2v) is 8.92. The number of thioether (sulfide) groups is 1. The number of urea groups is 1. The molecule has 0 spiro atoms. The van der Waals surface area contributed by atoms with E-state index in [1.54, 1.807) is 43.3 Å². The number of morpholine rings is 1. The van der Waals surface area contributed by atoms with Gasteiger partial charge in [0.25, 0.3) is 0 Å². The van der Waals surface area contributed by atoms with E-state index < -0.39 is 12.0 Å². The van der Waals surface area contributed by atoms with E-state index in [1.807, 2.05) is 18.4 Å². The van der Waals surface area contributed by atoms with Gasteiger partial charge in [-0.25, -0.2) is 19.6 Å². The summed E-state index contributed by atoms with van der Waals surface area (Å²) in [6, 6.07) is 13.3. The van der Waals surface area contributed by atoms with Crippen molar-refractivity contribution >= 4 is 52.6 Å². The predicted molar refractivity (Wildman–Crippen MR) is 142 cm³/mol. The number of aromatic nitrogens is 2. The lowest BCUT2D eigenvalue weighted by Gasteiger charge is -2.29. The van der Waals surface area contributed by atoms with Crippen molar-refractivity contribution in [2.75, 3.05) is 54.7 Å². The Morgan fingerprint density at radius 2 is 1.64 bits per heavy atom. The summed E-state index contributed by atoms with van der Waals surface area (Å²) < 4.78 is 10.4. The monoisotopic (exact) mass is 527 g/mol. The van der Waals surface area contributed by atoms with Gasteiger partial charge in [-0.15, -0.1) is 11.8 Å². The number of nitrogens with zero attached hydrogens (tertiary/aromatic N) is 3. The molecule has 1 saturated heterocycles. The third kappa shape index (κ3) is 6.26. The Hall–Kier alpha value is -3.34. The topological polar surface area (TPSA) is 106 Å². The minimum atomic E-state index is -0.412. The van der Waals surface area contributed by atoms with Gasteiger partial charge in [-0.1, -0.05) is 11.6 Å². The van der Waals surface area contributed by atoms with E-state index in [9.17, 15) is 9.59 Å². The smallest absolute Gasteiger partial charge is 0.338 e. The number of carbonyl (C=O) groups is 2. The summed E-state index contributed by atoms with van der Waals surface area (Å²) in [6.07, 6.45) is 1.95. The van der Waals surface area contributed by atoms with E-state index in [0.29, 0.717) is 47.7 Å². The van der Waals surface area contributed by atoms with E-state index in [-0.39, 0.29) is 0 Å². The first-order chi connectivity index (χ1) is 17.5. The molecule has 0 bridgehead atoms. The maximum atomic E-state index is 12.4. The molecule has 3 aromatic rings. The molecule has 2 N–H and O–H groups in total. The molecule has 0 saturated carbocycles. The quantitative estimate of drug-likeness (QED) is 0.246. The fourth-order valence-corrected chi connectivity index (χ4v) is 4.57. The molecule has 1 aromatic heterocycles. The van der Waals surface area contributed by atoms with Crippen molar-refractivity contribution in [3.63, 3.8) is 0 Å². The maximum absolute atomic E-state index is 12.4. The molecule has 0 radical (unpaired) electrons. The van der Waals surface area contributed by atoms with E-state index in [4.69, 9.17) is 26.1 Å². The van der Waals surface area contributed by atoms with Crippen LogP contribution < -0.4 is 15.5 Å². The summed E-state index contributed by atoms with van der Waals surface area (Å²) in [5.74, 6) is 0.910. The number of benzene rings is 2. The van der Waals surface area contributed by atoms with Crippen LogP contribution >= 0.6 is 23.4 Å². The van der Waals surface area contributed by atoms with Crippen molar-refractivity contribution < 1.29 is 19.1 Å². The van der Waals surface area contributed by atoms with Crippen LogP contribution in [0.15, 0.2) is 53.4 Å². The van der Waals surface area contributed by atoms with Gasteiger partial charge >= 0.3 is 12.0 Å². The third-order valence-electron chi connectivity index (χ3n) is 5.38. The van der Waals surface area contributed by atoms with Gasteiger partial charge in [-0.05, 0) is 61.7 Å². The van der Waals surface area contributed by atoms with Crippen LogP contribution in [0.4, 0.5) is 22.0 Å². The molecular formula is C25H26ClN5O4S. The molecule has 36 heavy (non-hydrogen) atoms. The molecule has 2 amide bonds. The van der Waals surface area contributed by atoms with Gasteiger partial charge in [0.05, 0.1) is 30.3 Å². The zero-order chi connectivity index (χ0) is 25.5. The fourth-order valence-electron chi connectivity index (χ4n) is 3.61. The summed E-state index contributed by atoms with van der Waals surface area (Å²) in [5, 5.41) is 5.93. The number of carbonyl (C=O) groups excluding carboxylic acids is 2. The Morgan fingerprint density at radius 1 is 1.03 bits per heavy atom. The predicted octanol–water partition coefficient (Wildman–Crippen LogP) is 5.18. The molecule has 2 aromatic carbocycles. The lowest BCUT2D eigenvalue weighted by atomic mass is 10.2. The number of esters is 1. The van der Waals surface area contributed by atoms with Gasteiger partial charge < -0.3 is 25.0 Å². The number of anilines is 3. The minimum Gasteiger partial charge on any atom is -0.462 e. The van der Waals surface area contributed by atoms with Gasteiger partial charge in [0.2, 0.25) is 0 Å². The van der Waals surface area contributed by atoms with Crippen LogP contribution in [-0.4, -0.2) is 61.1 Å². The van der Waals surface area contributed by atoms with Gasteiger partial charge in [0.1, 0.15) is 11.0 Å². The molecule has 188 valence electrons. The Balaban J connectivity index is 1.43. The molecular weight excluding hydrogens is 502 g/mol. The highest BCUT2D eigenvalue weighted by molar-refractivity contribution is 7.98. The molecule has 1 aliphatic heterocycles. The first-order valence-electron chi connectivity index (χ1n) is 11.4. The molecule has 0 atom stereocenters. The second kappa shape index (κ2) is 12.1. The summed E-state index contributed by atoms with van der Waals surface area (Å²) in [6.45, 7) is 4.81. The van der Waals surface area contributed by atoms with E-state index in [0.717, 1.165) is 29.4 Å². The first-order valence-corrected chi connectivity index (χ1v) is 13.0. The Kier molecular flexibility index (Phi) is 8.63. The Bertz CT molecular complexity index is 1220. The number of rotatable bonds is 7. The van der Waals surface area contributed by atoms with E-state index in [1.165, 1.54) is 11.8 Å². The van der Waals surface area contributed by atoms with Crippen molar-refractivity contribution in [2.45, 2.75) is 11.8 Å². The lowest BCUT2D eigenvalue weighted by Crippen LogP contribution is -2.37. The largest absolute Gasteiger partial charge is 0.462 e. The molecule has 9 nitrogen and oxygen atoms in total. The van der Waals surface area contributed by atoms with Crippen LogP contribution in [0.3, 0.4) is 0 Å². The summed E-state index contributed by atoms with van der Waals surface area (Å²) in [7, 11) is 0. The maximum Gasteiger partial charge on any atom is 0.338 e. The molecule has 0 unspecified atom stereocenters. The lowest BCUT2D eigenvalue weighted by molar-refractivity contribution is 0.0526. The summed E-state index contributed by atoms with van der Waals surface area (Å²) >= 11 is 8.02. The standard InChI is InChI=1S/C25H26ClN5O4S/c1-3-35-24(32)17-6-10-19(11-7-17)28-25(33)27-18-8-4-16(5-9-18)22-29-21(26)20(36-2)23(30-22)31-12-14-34-15-13-31/h4-11H,3,12-15H2,1-2H3,(H2,27,28,33). The second-order valence-electron chi connectivity index (χ2n) is 7.75. The van der Waals surface area contributed by atoms with Crippen LogP contribution in [0.5, 0.6) is 0 Å². The Morgan fingerprint density at radius 3 is 2.22 bits per heavy atom. The van der Waals surface area contributed by atoms with Crippen LogP contribution in [0.25, 0.3) is 11.4 Å². The van der Waals surface area contributed by atoms with Crippen LogP contribution in [-0.2, 0) is 9.47 Å². The number of amides is 2. The molecule has 1 aliphatic rings. The van der Waals surface area contributed by atoms with Crippen LogP contribution in [0.1, 0.15) is 17.3 Å². The third-order valence-corrected chi connectivity index (χ3v) is 6.55. The normalized spacial score (nSPS) is 13.2. The summed E-state index contributed by atoms with van der Waals surface area (Å²) in [5.41, 5.74) is 2.34. The van der Waals surface area contributed by atoms with Crippen LogP contribution in [0.2, 0.25) is 5.15 Å². The molecule has 1 fully saturated rings. The SMILES string of the molecule is CCOC(=O)c1ccc(NC(=O)Nc2ccc(-c3nc(Cl)c(SC)c(N4CCOCC4)n3)cc2)cc1. The molecule has 11 heteroatoms. The number of ether oxygens (including phenoxy) is 2. The zero-order valence-corrected chi connectivity index (χ0v) is 21.5. The number of hydrogen-bond donors (Lipinski definition) is 2. The molecule has 4 rings (SSSR count). The van der Waals surface area contributed by atoms with Gasteiger partial charge in [0.15, 0.2) is 5.82 Å². The van der Waals surface area contributed by atoms with Gasteiger partial charge in [0, 0.05) is 30.0 Å². The van der Waals surface area contributed by atoms with Gasteiger partial charge in [-0.3, -0.25) is 0 Å². The highest BCUT2D eigenvalue weighted by Crippen LogP contribution is 2.35. The van der Waals surface area contributed by atoms with E-state index >= 15 is 0 Å². The van der Waals surface area contributed by atoms with Crippen molar-refractivity contribution in [3.05, 3.63) is 59.2 Å². The molecule has 0 aliphatic carbocycles. The van der Waals surface area contributed by atoms with Crippen molar-refractivity contribution in [1.82, 2.24) is 9.97 Å². The highest BCUT2D eigenvalue weighted by atomic mass is 35.5. The van der Waals surface area contributed by atoms with Crippen molar-refractivity contribution in [3.8, 4) is 11.4 Å². The average Bonchev–Trinajstić information content (AvgIpc) is 2.89. The zero-order valence-electron chi connectivity index (χ0n) is 19.9. The first kappa shape index (κ1) is 25.7. The van der Waals surface area contributed by atoms with Crippen LogP contribution in [0, 0.1) is 0 Å². The number of nitrogens with one attached hydrogen (secondary N) is 2. The number of halogens is 1. The van der Waals surface area contributed by atoms with Gasteiger partial charge in [-0.2, -0.15) is 0 Å². The fraction of sp³-hybridized carbons (Fsp3) is 0.280. The summed E-state index contributed by atoms with van der Waals surface area (Å²) in [4.78, 5) is 36.5. The minimum absolute atomic E-state index is 0.303. The molecule has 2 heterocycles. The van der Waals surface area contributed by atoms with Crippen molar-refractivity contribution in [2.24, 2.45) is 0 Å². The highest BCUT2D eigenvalue weighted by Gasteiger charge is 2.21. The average molecular weight is 528 g/mol.